The van der Waals surface area contributed by atoms with Crippen molar-refractivity contribution < 1.29 is 14.3 Å². The van der Waals surface area contributed by atoms with E-state index in [2.05, 4.69) is 10.3 Å². The number of nitrogens with one attached hydrogen (secondary N) is 1. The summed E-state index contributed by atoms with van der Waals surface area (Å²) in [7, 11) is 3.16. The van der Waals surface area contributed by atoms with Gasteiger partial charge in [-0.15, -0.1) is 0 Å². The van der Waals surface area contributed by atoms with Gasteiger partial charge >= 0.3 is 0 Å². The summed E-state index contributed by atoms with van der Waals surface area (Å²) in [4.78, 5) is 16.6. The predicted octanol–water partition coefficient (Wildman–Crippen LogP) is 2.93. The second-order valence-corrected chi connectivity index (χ2v) is 5.42. The highest BCUT2D eigenvalue weighted by Gasteiger charge is 2.21. The molecule has 1 aliphatic heterocycles. The monoisotopic (exact) mass is 322 g/mol. The van der Waals surface area contributed by atoms with Gasteiger partial charge in [-0.1, -0.05) is 35.9 Å². The van der Waals surface area contributed by atoms with Gasteiger partial charge in [-0.2, -0.15) is 0 Å². The molecule has 0 unspecified atom stereocenters. The summed E-state index contributed by atoms with van der Waals surface area (Å²) in [6.45, 7) is 2.02. The summed E-state index contributed by atoms with van der Waals surface area (Å²) in [5, 5.41) is 2.80. The number of carbonyl (C=O) groups is 1. The van der Waals surface area contributed by atoms with E-state index in [1.165, 1.54) is 0 Å². The first-order valence-corrected chi connectivity index (χ1v) is 7.51. The molecule has 2 aromatic carbocycles. The second-order valence-electron chi connectivity index (χ2n) is 5.42. The van der Waals surface area contributed by atoms with Gasteiger partial charge in [0.2, 0.25) is 0 Å². The number of benzene rings is 2. The first kappa shape index (κ1) is 15.8. The predicted molar refractivity (Wildman–Crippen MR) is 93.4 cm³/mol. The summed E-state index contributed by atoms with van der Waals surface area (Å²) in [5.74, 6) is 1.58. The number of rotatable bonds is 4. The first-order valence-electron chi connectivity index (χ1n) is 7.51. The van der Waals surface area contributed by atoms with Gasteiger partial charge in [-0.3, -0.25) is 4.79 Å². The van der Waals surface area contributed by atoms with Crippen LogP contribution in [0.3, 0.4) is 0 Å². The highest BCUT2D eigenvalue weighted by atomic mass is 16.5. The summed E-state index contributed by atoms with van der Waals surface area (Å²) in [5.41, 5.74) is 3.21. The Morgan fingerprint density at radius 2 is 1.71 bits per heavy atom. The molecule has 24 heavy (non-hydrogen) atoms. The SMILES string of the molecule is COc1ccc(/C=C2\N=C(c3ccc(C)cc3)NC2=O)cc1OC. The topological polar surface area (TPSA) is 59.9 Å². The molecule has 0 aliphatic carbocycles. The van der Waals surface area contributed by atoms with Crippen LogP contribution in [-0.2, 0) is 4.79 Å². The highest BCUT2D eigenvalue weighted by Crippen LogP contribution is 2.28. The van der Waals surface area contributed by atoms with Gasteiger partial charge < -0.3 is 14.8 Å². The molecular formula is C19H18N2O3. The van der Waals surface area contributed by atoms with Crippen LogP contribution in [0.1, 0.15) is 16.7 Å². The molecule has 0 bridgehead atoms. The number of aryl methyl sites for hydroxylation is 1. The number of carbonyl (C=O) groups excluding carboxylic acids is 1. The first-order chi connectivity index (χ1) is 11.6. The molecule has 0 spiro atoms. The van der Waals surface area contributed by atoms with Crippen LogP contribution in [0, 0.1) is 6.92 Å². The molecule has 5 nitrogen and oxygen atoms in total. The standard InChI is InChI=1S/C19H18N2O3/c1-12-4-7-14(8-5-12)18-20-15(19(22)21-18)10-13-6-9-16(23-2)17(11-13)24-3/h4-11H,1-3H3,(H,20,21,22)/b15-10-. The number of amidine groups is 1. The summed E-state index contributed by atoms with van der Waals surface area (Å²) in [6, 6.07) is 13.3. The molecule has 1 heterocycles. The van der Waals surface area contributed by atoms with Gasteiger partial charge in [0.15, 0.2) is 11.5 Å². The van der Waals surface area contributed by atoms with E-state index in [4.69, 9.17) is 9.47 Å². The van der Waals surface area contributed by atoms with Crippen LogP contribution < -0.4 is 14.8 Å². The Hall–Kier alpha value is -3.08. The lowest BCUT2D eigenvalue weighted by Gasteiger charge is -2.07. The van der Waals surface area contributed by atoms with Gasteiger partial charge in [0.1, 0.15) is 11.5 Å². The van der Waals surface area contributed by atoms with Crippen LogP contribution in [0.4, 0.5) is 0 Å². The fourth-order valence-electron chi connectivity index (χ4n) is 2.42. The number of aliphatic imine (C=N–C) groups is 1. The van der Waals surface area contributed by atoms with Crippen molar-refractivity contribution >= 4 is 17.8 Å². The van der Waals surface area contributed by atoms with E-state index in [1.807, 2.05) is 37.3 Å². The molecule has 1 N–H and O–H groups in total. The quantitative estimate of drug-likeness (QED) is 0.881. The van der Waals surface area contributed by atoms with Crippen molar-refractivity contribution in [1.82, 2.24) is 5.32 Å². The number of ether oxygens (including phenoxy) is 2. The molecule has 122 valence electrons. The average molecular weight is 322 g/mol. The Kier molecular flexibility index (Phi) is 4.33. The number of hydrogen-bond acceptors (Lipinski definition) is 4. The highest BCUT2D eigenvalue weighted by molar-refractivity contribution is 6.19. The fraction of sp³-hybridized carbons (Fsp3) is 0.158. The Balaban J connectivity index is 1.92. The van der Waals surface area contributed by atoms with Crippen LogP contribution in [0.5, 0.6) is 11.5 Å². The van der Waals surface area contributed by atoms with Crippen LogP contribution in [0.15, 0.2) is 53.2 Å². The molecule has 0 aromatic heterocycles. The molecular weight excluding hydrogens is 304 g/mol. The lowest BCUT2D eigenvalue weighted by Crippen LogP contribution is -2.24. The van der Waals surface area contributed by atoms with E-state index in [-0.39, 0.29) is 5.91 Å². The van der Waals surface area contributed by atoms with E-state index >= 15 is 0 Å². The molecule has 0 atom stereocenters. The zero-order valence-electron chi connectivity index (χ0n) is 13.8. The van der Waals surface area contributed by atoms with Gasteiger partial charge in [0.05, 0.1) is 14.2 Å². The summed E-state index contributed by atoms with van der Waals surface area (Å²) < 4.78 is 10.5. The van der Waals surface area contributed by atoms with Gasteiger partial charge in [0.25, 0.3) is 5.91 Å². The molecule has 5 heteroatoms. The maximum Gasteiger partial charge on any atom is 0.275 e. The molecule has 0 saturated carbocycles. The second kappa shape index (κ2) is 6.58. The third kappa shape index (κ3) is 3.15. The fourth-order valence-corrected chi connectivity index (χ4v) is 2.42. The van der Waals surface area contributed by atoms with Crippen molar-refractivity contribution in [3.63, 3.8) is 0 Å². The van der Waals surface area contributed by atoms with Crippen molar-refractivity contribution in [3.8, 4) is 11.5 Å². The van der Waals surface area contributed by atoms with E-state index in [0.29, 0.717) is 23.0 Å². The van der Waals surface area contributed by atoms with Gasteiger partial charge in [-0.25, -0.2) is 4.99 Å². The van der Waals surface area contributed by atoms with E-state index < -0.39 is 0 Å². The van der Waals surface area contributed by atoms with Crippen LogP contribution >= 0.6 is 0 Å². The van der Waals surface area contributed by atoms with Crippen molar-refractivity contribution in [2.75, 3.05) is 14.2 Å². The number of amides is 1. The van der Waals surface area contributed by atoms with Crippen molar-refractivity contribution in [1.29, 1.82) is 0 Å². The molecule has 2 aromatic rings. The van der Waals surface area contributed by atoms with E-state index in [0.717, 1.165) is 16.7 Å². The minimum absolute atomic E-state index is 0.222. The average Bonchev–Trinajstić information content (AvgIpc) is 2.96. The third-order valence-electron chi connectivity index (χ3n) is 3.73. The van der Waals surface area contributed by atoms with Crippen LogP contribution in [0.25, 0.3) is 6.08 Å². The number of hydrogen-bond donors (Lipinski definition) is 1. The zero-order chi connectivity index (χ0) is 17.1. The molecule has 3 rings (SSSR count). The Morgan fingerprint density at radius 1 is 1.00 bits per heavy atom. The molecule has 0 fully saturated rings. The Labute approximate surface area is 140 Å². The molecule has 0 radical (unpaired) electrons. The zero-order valence-corrected chi connectivity index (χ0v) is 13.8. The van der Waals surface area contributed by atoms with Gasteiger partial charge in [0, 0.05) is 5.56 Å². The van der Waals surface area contributed by atoms with Crippen molar-refractivity contribution in [2.24, 2.45) is 4.99 Å². The largest absolute Gasteiger partial charge is 0.493 e. The van der Waals surface area contributed by atoms with E-state index in [9.17, 15) is 4.79 Å². The normalized spacial score (nSPS) is 15.2. The third-order valence-corrected chi connectivity index (χ3v) is 3.73. The lowest BCUT2D eigenvalue weighted by molar-refractivity contribution is -0.115. The smallest absolute Gasteiger partial charge is 0.275 e. The number of nitrogens with zero attached hydrogens (tertiary/aromatic N) is 1. The maximum absolute atomic E-state index is 12.2. The van der Waals surface area contributed by atoms with Crippen molar-refractivity contribution in [3.05, 3.63) is 64.9 Å². The molecule has 0 saturated heterocycles. The van der Waals surface area contributed by atoms with E-state index in [1.54, 1.807) is 32.4 Å². The summed E-state index contributed by atoms with van der Waals surface area (Å²) >= 11 is 0. The minimum atomic E-state index is -0.222. The Bertz CT molecular complexity index is 836. The van der Waals surface area contributed by atoms with Crippen LogP contribution in [0.2, 0.25) is 0 Å². The molecule has 1 aliphatic rings. The number of methoxy groups -OCH3 is 2. The minimum Gasteiger partial charge on any atom is -0.493 e. The maximum atomic E-state index is 12.2. The van der Waals surface area contributed by atoms with Crippen LogP contribution in [-0.4, -0.2) is 26.0 Å². The molecule has 1 amide bonds. The van der Waals surface area contributed by atoms with Gasteiger partial charge in [-0.05, 0) is 30.7 Å². The Morgan fingerprint density at radius 3 is 2.38 bits per heavy atom. The lowest BCUT2D eigenvalue weighted by atomic mass is 10.1. The summed E-state index contributed by atoms with van der Waals surface area (Å²) in [6.07, 6.45) is 1.72. The van der Waals surface area contributed by atoms with Crippen molar-refractivity contribution in [2.45, 2.75) is 6.92 Å².